The van der Waals surface area contributed by atoms with E-state index in [4.69, 9.17) is 0 Å². The zero-order valence-electron chi connectivity index (χ0n) is 23.6. The van der Waals surface area contributed by atoms with E-state index in [2.05, 4.69) is 119 Å². The Morgan fingerprint density at radius 3 is 1.94 bits per heavy atom. The average molecular weight is 455 g/mol. The van der Waals surface area contributed by atoms with E-state index in [9.17, 15) is 0 Å². The smallest absolute Gasteiger partial charge is 0.00520 e. The van der Waals surface area contributed by atoms with Gasteiger partial charge in [-0.2, -0.15) is 0 Å². The summed E-state index contributed by atoms with van der Waals surface area (Å²) in [4.78, 5) is 0. The van der Waals surface area contributed by atoms with Gasteiger partial charge in [0, 0.05) is 5.92 Å². The van der Waals surface area contributed by atoms with Crippen LogP contribution in [0.1, 0.15) is 116 Å². The Morgan fingerprint density at radius 2 is 1.41 bits per heavy atom. The summed E-state index contributed by atoms with van der Waals surface area (Å²) >= 11 is 0. The Balaban J connectivity index is 1.91. The molecule has 0 fully saturated rings. The number of hydrogen-bond donors (Lipinski definition) is 0. The van der Waals surface area contributed by atoms with Crippen molar-refractivity contribution in [2.75, 3.05) is 0 Å². The number of allylic oxidation sites excluding steroid dienone is 4. The minimum Gasteiger partial charge on any atom is -0.0730 e. The van der Waals surface area contributed by atoms with Crippen LogP contribution in [0.15, 0.2) is 53.6 Å². The first-order chi connectivity index (χ1) is 15.6. The minimum atomic E-state index is 0.124. The zero-order chi connectivity index (χ0) is 25.2. The minimum absolute atomic E-state index is 0.124. The number of benzene rings is 2. The van der Waals surface area contributed by atoms with Crippen molar-refractivity contribution in [3.05, 3.63) is 81.4 Å². The molecule has 2 aliphatic rings. The first kappa shape index (κ1) is 25.0. The predicted octanol–water partition coefficient (Wildman–Crippen LogP) is 9.89. The highest BCUT2D eigenvalue weighted by atomic mass is 14.4. The van der Waals surface area contributed by atoms with Gasteiger partial charge in [0.15, 0.2) is 0 Å². The second kappa shape index (κ2) is 8.25. The molecule has 2 aromatic rings. The molecule has 2 atom stereocenters. The molecule has 0 amide bonds. The molecule has 0 bridgehead atoms. The first-order valence-electron chi connectivity index (χ1n) is 13.3. The summed E-state index contributed by atoms with van der Waals surface area (Å²) in [7, 11) is 0. The highest BCUT2D eigenvalue weighted by Gasteiger charge is 2.34. The number of rotatable bonds is 3. The third-order valence-corrected chi connectivity index (χ3v) is 8.19. The molecular weight excluding hydrogens is 408 g/mol. The monoisotopic (exact) mass is 454 g/mol. The molecule has 0 radical (unpaired) electrons. The molecule has 182 valence electrons. The summed E-state index contributed by atoms with van der Waals surface area (Å²) < 4.78 is 0. The molecule has 0 N–H and O–H groups in total. The Labute approximate surface area is 209 Å². The topological polar surface area (TPSA) is 0 Å². The summed E-state index contributed by atoms with van der Waals surface area (Å²) in [5, 5.41) is 0. The Bertz CT molecular complexity index is 1160. The molecular formula is C34H46. The van der Waals surface area contributed by atoms with Crippen LogP contribution in [0.2, 0.25) is 0 Å². The van der Waals surface area contributed by atoms with Crippen LogP contribution in [0.25, 0.3) is 11.1 Å². The van der Waals surface area contributed by atoms with Crippen molar-refractivity contribution in [3.63, 3.8) is 0 Å². The molecule has 0 saturated heterocycles. The molecule has 34 heavy (non-hydrogen) atoms. The van der Waals surface area contributed by atoms with Crippen LogP contribution in [-0.2, 0) is 17.3 Å². The lowest BCUT2D eigenvalue weighted by Gasteiger charge is -2.29. The van der Waals surface area contributed by atoms with Gasteiger partial charge in [0.05, 0.1) is 0 Å². The van der Waals surface area contributed by atoms with Gasteiger partial charge in [0.2, 0.25) is 0 Å². The van der Waals surface area contributed by atoms with Crippen molar-refractivity contribution in [2.45, 2.75) is 106 Å². The maximum Gasteiger partial charge on any atom is 0.00520 e. The van der Waals surface area contributed by atoms with E-state index in [1.165, 1.54) is 39.0 Å². The van der Waals surface area contributed by atoms with Crippen LogP contribution in [0, 0.1) is 11.3 Å². The summed E-state index contributed by atoms with van der Waals surface area (Å²) in [5.74, 6) is 1.01. The second-order valence-corrected chi connectivity index (χ2v) is 13.9. The normalized spacial score (nSPS) is 19.0. The van der Waals surface area contributed by atoms with Gasteiger partial charge in [-0.15, -0.1) is 0 Å². The number of fused-ring (bicyclic) bond motifs is 3. The molecule has 0 spiro atoms. The molecule has 0 saturated carbocycles. The molecule has 0 heteroatoms. The third-order valence-electron chi connectivity index (χ3n) is 8.19. The lowest BCUT2D eigenvalue weighted by atomic mass is 9.75. The maximum absolute atomic E-state index is 2.58. The largest absolute Gasteiger partial charge is 0.0730 e. The average Bonchev–Trinajstić information content (AvgIpc) is 3.27. The summed E-state index contributed by atoms with van der Waals surface area (Å²) in [6.45, 7) is 25.8. The van der Waals surface area contributed by atoms with E-state index in [1.807, 2.05) is 0 Å². The fraction of sp³-hybridized carbons (Fsp3) is 0.529. The maximum atomic E-state index is 2.58. The molecule has 4 rings (SSSR count). The van der Waals surface area contributed by atoms with Crippen molar-refractivity contribution < 1.29 is 0 Å². The standard InChI is InChI=1S/C34H46/c1-12-26(27-18-24(15-21(27)2)33(6,7)8)30-19-25(34(9,10)11)20-31-28-17-23(32(3,4)5)14-13-22(28)16-29(30)31/h13-15,17-20,26-27H,12,16H2,1-11H3. The first-order valence-corrected chi connectivity index (χ1v) is 13.3. The Morgan fingerprint density at radius 1 is 0.794 bits per heavy atom. The van der Waals surface area contributed by atoms with Gasteiger partial charge in [0.25, 0.3) is 0 Å². The fourth-order valence-electron chi connectivity index (χ4n) is 5.82. The van der Waals surface area contributed by atoms with Crippen molar-refractivity contribution in [2.24, 2.45) is 11.3 Å². The lowest BCUT2D eigenvalue weighted by molar-refractivity contribution is 0.508. The van der Waals surface area contributed by atoms with Crippen molar-refractivity contribution in [1.29, 1.82) is 0 Å². The van der Waals surface area contributed by atoms with Crippen LogP contribution in [-0.4, -0.2) is 0 Å². The van der Waals surface area contributed by atoms with Gasteiger partial charge < -0.3 is 0 Å². The Hall–Kier alpha value is -2.08. The predicted molar refractivity (Wildman–Crippen MR) is 150 cm³/mol. The van der Waals surface area contributed by atoms with Crippen LogP contribution in [0.5, 0.6) is 0 Å². The summed E-state index contributed by atoms with van der Waals surface area (Å²) in [6.07, 6.45) is 7.27. The van der Waals surface area contributed by atoms with Crippen molar-refractivity contribution >= 4 is 0 Å². The van der Waals surface area contributed by atoms with E-state index in [1.54, 1.807) is 11.1 Å². The van der Waals surface area contributed by atoms with Crippen molar-refractivity contribution in [3.8, 4) is 11.1 Å². The highest BCUT2D eigenvalue weighted by molar-refractivity contribution is 5.80. The van der Waals surface area contributed by atoms with Gasteiger partial charge >= 0.3 is 0 Å². The molecule has 0 nitrogen and oxygen atoms in total. The molecule has 2 unspecified atom stereocenters. The molecule has 0 aliphatic heterocycles. The summed E-state index contributed by atoms with van der Waals surface area (Å²) in [5.41, 5.74) is 14.0. The second-order valence-electron chi connectivity index (χ2n) is 13.9. The molecule has 2 aliphatic carbocycles. The van der Waals surface area contributed by atoms with Crippen LogP contribution >= 0.6 is 0 Å². The highest BCUT2D eigenvalue weighted by Crippen LogP contribution is 2.49. The third kappa shape index (κ3) is 4.46. The van der Waals surface area contributed by atoms with Gasteiger partial charge in [0.1, 0.15) is 0 Å². The van der Waals surface area contributed by atoms with Crippen molar-refractivity contribution in [1.82, 2.24) is 0 Å². The molecule has 0 aromatic heterocycles. The quantitative estimate of drug-likeness (QED) is 0.369. The summed E-state index contributed by atoms with van der Waals surface area (Å²) in [6, 6.07) is 12.3. The number of hydrogen-bond acceptors (Lipinski definition) is 0. The van der Waals surface area contributed by atoms with E-state index >= 15 is 0 Å². The zero-order valence-corrected chi connectivity index (χ0v) is 23.6. The van der Waals surface area contributed by atoms with Crippen LogP contribution < -0.4 is 0 Å². The van der Waals surface area contributed by atoms with E-state index < -0.39 is 0 Å². The van der Waals surface area contributed by atoms with E-state index in [0.717, 1.165) is 12.8 Å². The Kier molecular flexibility index (Phi) is 6.07. The van der Waals surface area contributed by atoms with Gasteiger partial charge in [-0.25, -0.2) is 0 Å². The SMILES string of the molecule is CCC(c1cc(C(C)(C)C)cc2c1Cc1ccc(C(C)(C)C)cc1-2)C1C=C(C(C)(C)C)C=C1C. The molecule has 2 aromatic carbocycles. The molecule has 0 heterocycles. The van der Waals surface area contributed by atoms with E-state index in [-0.39, 0.29) is 16.2 Å². The van der Waals surface area contributed by atoms with Gasteiger partial charge in [-0.05, 0) is 86.4 Å². The lowest BCUT2D eigenvalue weighted by Crippen LogP contribution is -2.17. The van der Waals surface area contributed by atoms with E-state index in [0.29, 0.717) is 11.8 Å². The van der Waals surface area contributed by atoms with Crippen LogP contribution in [0.3, 0.4) is 0 Å². The van der Waals surface area contributed by atoms with Gasteiger partial charge in [-0.1, -0.05) is 117 Å². The van der Waals surface area contributed by atoms with Gasteiger partial charge in [-0.3, -0.25) is 0 Å². The van der Waals surface area contributed by atoms with Crippen LogP contribution in [0.4, 0.5) is 0 Å². The fourth-order valence-corrected chi connectivity index (χ4v) is 5.82.